The van der Waals surface area contributed by atoms with E-state index in [0.29, 0.717) is 6.54 Å². The average Bonchev–Trinajstić information content (AvgIpc) is 2.62. The van der Waals surface area contributed by atoms with Gasteiger partial charge in [-0.1, -0.05) is 18.2 Å². The van der Waals surface area contributed by atoms with Gasteiger partial charge in [-0.05, 0) is 38.1 Å². The van der Waals surface area contributed by atoms with Crippen LogP contribution in [0, 0.1) is 0 Å². The van der Waals surface area contributed by atoms with E-state index in [1.54, 1.807) is 0 Å². The molecule has 0 spiro atoms. The summed E-state index contributed by atoms with van der Waals surface area (Å²) in [5.41, 5.74) is 8.14. The summed E-state index contributed by atoms with van der Waals surface area (Å²) in [5.74, 6) is 0. The van der Waals surface area contributed by atoms with Crippen molar-refractivity contribution in [2.75, 3.05) is 5.73 Å². The predicted octanol–water partition coefficient (Wildman–Crippen LogP) is 3.57. The molecule has 3 rings (SSSR count). The molecule has 2 aromatic carbocycles. The van der Waals surface area contributed by atoms with Crippen LogP contribution in [0.25, 0.3) is 21.8 Å². The fourth-order valence-electron chi connectivity index (χ4n) is 2.63. The maximum Gasteiger partial charge on any atom is 0.0770 e. The molecule has 0 saturated heterocycles. The summed E-state index contributed by atoms with van der Waals surface area (Å²) in [6.07, 6.45) is 0. The van der Waals surface area contributed by atoms with Gasteiger partial charge >= 0.3 is 0 Å². The van der Waals surface area contributed by atoms with Crippen LogP contribution >= 0.6 is 12.4 Å². The van der Waals surface area contributed by atoms with Crippen molar-refractivity contribution in [3.8, 4) is 0 Å². The number of nitrogens with two attached hydrogens (primary N) is 1. The number of hydrogen-bond acceptors (Lipinski definition) is 2. The molecule has 3 aromatic rings. The van der Waals surface area contributed by atoms with Crippen molar-refractivity contribution >= 4 is 39.9 Å². The maximum absolute atomic E-state index is 10.1. The van der Waals surface area contributed by atoms with Gasteiger partial charge in [0.15, 0.2) is 0 Å². The van der Waals surface area contributed by atoms with Crippen LogP contribution in [0.1, 0.15) is 13.8 Å². The molecule has 20 heavy (non-hydrogen) atoms. The summed E-state index contributed by atoms with van der Waals surface area (Å²) >= 11 is 0. The van der Waals surface area contributed by atoms with Gasteiger partial charge in [-0.3, -0.25) is 0 Å². The van der Waals surface area contributed by atoms with Crippen molar-refractivity contribution in [1.82, 2.24) is 4.57 Å². The van der Waals surface area contributed by atoms with Crippen molar-refractivity contribution in [3.05, 3.63) is 42.5 Å². The summed E-state index contributed by atoms with van der Waals surface area (Å²) in [7, 11) is 0. The number of halogens is 1. The van der Waals surface area contributed by atoms with Gasteiger partial charge < -0.3 is 15.4 Å². The van der Waals surface area contributed by atoms with E-state index in [-0.39, 0.29) is 12.4 Å². The Morgan fingerprint density at radius 2 is 1.70 bits per heavy atom. The van der Waals surface area contributed by atoms with Crippen LogP contribution in [0.15, 0.2) is 42.5 Å². The smallest absolute Gasteiger partial charge is 0.0770 e. The van der Waals surface area contributed by atoms with Gasteiger partial charge in [-0.15, -0.1) is 12.4 Å². The fraction of sp³-hybridized carbons (Fsp3) is 0.250. The number of nitrogen functional groups attached to an aromatic ring is 1. The molecule has 3 nitrogen and oxygen atoms in total. The highest BCUT2D eigenvalue weighted by Gasteiger charge is 2.18. The number of nitrogens with zero attached hydrogens (tertiary/aromatic N) is 1. The molecule has 0 radical (unpaired) electrons. The third kappa shape index (κ3) is 2.47. The van der Waals surface area contributed by atoms with E-state index in [2.05, 4.69) is 16.7 Å². The van der Waals surface area contributed by atoms with Crippen LogP contribution in [-0.2, 0) is 6.54 Å². The van der Waals surface area contributed by atoms with E-state index in [9.17, 15) is 5.11 Å². The minimum absolute atomic E-state index is 0. The summed E-state index contributed by atoms with van der Waals surface area (Å²) in [6.45, 7) is 4.21. The van der Waals surface area contributed by atoms with Crippen molar-refractivity contribution in [2.24, 2.45) is 0 Å². The van der Waals surface area contributed by atoms with Crippen LogP contribution in [-0.4, -0.2) is 15.3 Å². The number of anilines is 1. The third-order valence-electron chi connectivity index (χ3n) is 3.34. The van der Waals surface area contributed by atoms with Crippen molar-refractivity contribution in [2.45, 2.75) is 26.0 Å². The minimum Gasteiger partial charge on any atom is -0.399 e. The van der Waals surface area contributed by atoms with Gasteiger partial charge in [0.05, 0.1) is 12.1 Å². The molecule has 0 aliphatic carbocycles. The molecule has 0 atom stereocenters. The lowest BCUT2D eigenvalue weighted by Crippen LogP contribution is -2.25. The van der Waals surface area contributed by atoms with Gasteiger partial charge in [0.25, 0.3) is 0 Å². The van der Waals surface area contributed by atoms with Gasteiger partial charge in [0.1, 0.15) is 0 Å². The average molecular weight is 291 g/mol. The Bertz CT molecular complexity index is 756. The normalized spacial score (nSPS) is 11.8. The Morgan fingerprint density at radius 1 is 1.05 bits per heavy atom. The van der Waals surface area contributed by atoms with E-state index < -0.39 is 5.60 Å². The Balaban J connectivity index is 0.00000147. The number of rotatable bonds is 2. The lowest BCUT2D eigenvalue weighted by molar-refractivity contribution is 0.0640. The zero-order chi connectivity index (χ0) is 13.6. The van der Waals surface area contributed by atoms with E-state index in [1.807, 2.05) is 44.2 Å². The Labute approximate surface area is 124 Å². The molecule has 4 heteroatoms. The zero-order valence-electron chi connectivity index (χ0n) is 11.6. The second-order valence-corrected chi connectivity index (χ2v) is 5.69. The van der Waals surface area contributed by atoms with Crippen molar-refractivity contribution < 1.29 is 5.11 Å². The maximum atomic E-state index is 10.1. The Morgan fingerprint density at radius 3 is 2.40 bits per heavy atom. The number of para-hydroxylation sites is 1. The largest absolute Gasteiger partial charge is 0.399 e. The summed E-state index contributed by atoms with van der Waals surface area (Å²) in [5, 5.41) is 12.4. The lowest BCUT2D eigenvalue weighted by atomic mass is 10.1. The topological polar surface area (TPSA) is 51.2 Å². The van der Waals surface area contributed by atoms with Gasteiger partial charge in [0, 0.05) is 27.5 Å². The minimum atomic E-state index is -0.754. The summed E-state index contributed by atoms with van der Waals surface area (Å²) in [4.78, 5) is 0. The number of hydrogen-bond donors (Lipinski definition) is 2. The molecular weight excluding hydrogens is 272 g/mol. The molecule has 0 saturated carbocycles. The first-order valence-corrected chi connectivity index (χ1v) is 6.44. The molecule has 0 aliphatic rings. The number of fused-ring (bicyclic) bond motifs is 3. The monoisotopic (exact) mass is 290 g/mol. The predicted molar refractivity (Wildman–Crippen MR) is 87.4 cm³/mol. The number of benzene rings is 2. The molecule has 0 fully saturated rings. The van der Waals surface area contributed by atoms with Gasteiger partial charge in [0.2, 0.25) is 0 Å². The van der Waals surface area contributed by atoms with E-state index in [1.165, 1.54) is 5.39 Å². The first-order valence-electron chi connectivity index (χ1n) is 6.44. The summed E-state index contributed by atoms with van der Waals surface area (Å²) < 4.78 is 2.16. The van der Waals surface area contributed by atoms with Gasteiger partial charge in [-0.2, -0.15) is 0 Å². The van der Waals surface area contributed by atoms with Crippen LogP contribution in [0.2, 0.25) is 0 Å². The number of aliphatic hydroxyl groups is 1. The molecule has 106 valence electrons. The quantitative estimate of drug-likeness (QED) is 0.709. The molecule has 0 amide bonds. The highest BCUT2D eigenvalue weighted by atomic mass is 35.5. The van der Waals surface area contributed by atoms with E-state index in [4.69, 9.17) is 5.73 Å². The van der Waals surface area contributed by atoms with Crippen molar-refractivity contribution in [1.29, 1.82) is 0 Å². The third-order valence-corrected chi connectivity index (χ3v) is 3.34. The zero-order valence-corrected chi connectivity index (χ0v) is 12.4. The van der Waals surface area contributed by atoms with E-state index >= 15 is 0 Å². The first-order chi connectivity index (χ1) is 8.96. The van der Waals surface area contributed by atoms with Crippen molar-refractivity contribution in [3.63, 3.8) is 0 Å². The SMILES string of the molecule is CC(C)(O)Cn1c2ccccc2c2cc(N)ccc21.Cl. The molecular formula is C16H19ClN2O. The van der Waals surface area contributed by atoms with Crippen LogP contribution < -0.4 is 5.73 Å². The molecule has 1 aromatic heterocycles. The van der Waals surface area contributed by atoms with E-state index in [0.717, 1.165) is 22.1 Å². The second-order valence-electron chi connectivity index (χ2n) is 5.69. The lowest BCUT2D eigenvalue weighted by Gasteiger charge is -2.19. The first kappa shape index (κ1) is 14.7. The second kappa shape index (κ2) is 5.00. The fourth-order valence-corrected chi connectivity index (χ4v) is 2.63. The molecule has 0 bridgehead atoms. The highest BCUT2D eigenvalue weighted by molar-refractivity contribution is 6.08. The molecule has 0 aliphatic heterocycles. The summed E-state index contributed by atoms with van der Waals surface area (Å²) in [6, 6.07) is 14.1. The Kier molecular flexibility index (Phi) is 3.67. The molecule has 3 N–H and O–H groups in total. The Hall–Kier alpha value is -1.71. The van der Waals surface area contributed by atoms with Crippen LogP contribution in [0.5, 0.6) is 0 Å². The van der Waals surface area contributed by atoms with Crippen LogP contribution in [0.3, 0.4) is 0 Å². The molecule has 1 heterocycles. The standard InChI is InChI=1S/C16H18N2O.ClH/c1-16(2,19)10-18-14-6-4-3-5-12(14)13-9-11(17)7-8-15(13)18;/h3-9,19H,10,17H2,1-2H3;1H. The highest BCUT2D eigenvalue weighted by Crippen LogP contribution is 2.31. The van der Waals surface area contributed by atoms with Crippen LogP contribution in [0.4, 0.5) is 5.69 Å². The van der Waals surface area contributed by atoms with Gasteiger partial charge in [-0.25, -0.2) is 0 Å². The molecule has 0 unspecified atom stereocenters. The number of aromatic nitrogens is 1.